The summed E-state index contributed by atoms with van der Waals surface area (Å²) in [6.45, 7) is 3.63. The number of hydrogen-bond acceptors (Lipinski definition) is 3. The van der Waals surface area contributed by atoms with E-state index in [4.69, 9.17) is 0 Å². The zero-order valence-corrected chi connectivity index (χ0v) is 10.5. The molecule has 0 bridgehead atoms. The van der Waals surface area contributed by atoms with Crippen molar-refractivity contribution in [3.05, 3.63) is 29.3 Å². The molecule has 19 heavy (non-hydrogen) atoms. The van der Waals surface area contributed by atoms with Crippen molar-refractivity contribution >= 4 is 17.4 Å². The standard InChI is InChI=1S/C13H14F2N2O2/c1-2-16-4-3-5-17-11-9(12(18)13(17)19)6-8(14)7-10(11)15/h6-7,16H,2-5H2,1H3. The first kappa shape index (κ1) is 13.6. The van der Waals surface area contributed by atoms with Crippen LogP contribution in [-0.2, 0) is 4.79 Å². The molecule has 0 radical (unpaired) electrons. The molecular weight excluding hydrogens is 254 g/mol. The minimum absolute atomic E-state index is 0.104. The van der Waals surface area contributed by atoms with Crippen molar-refractivity contribution in [3.63, 3.8) is 0 Å². The highest BCUT2D eigenvalue weighted by molar-refractivity contribution is 6.52. The molecule has 0 aliphatic carbocycles. The number of anilines is 1. The summed E-state index contributed by atoms with van der Waals surface area (Å²) < 4.78 is 26.8. The van der Waals surface area contributed by atoms with Gasteiger partial charge in [0.1, 0.15) is 5.82 Å². The molecule has 0 aromatic heterocycles. The topological polar surface area (TPSA) is 49.4 Å². The number of hydrogen-bond donors (Lipinski definition) is 1. The Labute approximate surface area is 109 Å². The molecule has 0 fully saturated rings. The lowest BCUT2D eigenvalue weighted by Crippen LogP contribution is -2.32. The van der Waals surface area contributed by atoms with E-state index in [1.165, 1.54) is 0 Å². The summed E-state index contributed by atoms with van der Waals surface area (Å²) in [7, 11) is 0. The summed E-state index contributed by atoms with van der Waals surface area (Å²) in [6, 6.07) is 1.59. The van der Waals surface area contributed by atoms with Crippen molar-refractivity contribution in [2.45, 2.75) is 13.3 Å². The van der Waals surface area contributed by atoms with Gasteiger partial charge in [-0.15, -0.1) is 0 Å². The Balaban J connectivity index is 2.23. The van der Waals surface area contributed by atoms with Gasteiger partial charge in [0.25, 0.3) is 11.7 Å². The average molecular weight is 268 g/mol. The average Bonchev–Trinajstić information content (AvgIpc) is 2.60. The summed E-state index contributed by atoms with van der Waals surface area (Å²) in [5, 5.41) is 3.07. The molecule has 1 N–H and O–H groups in total. The zero-order valence-electron chi connectivity index (χ0n) is 10.5. The largest absolute Gasteiger partial charge is 0.317 e. The van der Waals surface area contributed by atoms with Crippen molar-refractivity contribution in [1.29, 1.82) is 0 Å². The maximum atomic E-state index is 13.7. The molecular formula is C13H14F2N2O2. The minimum atomic E-state index is -0.877. The first-order chi connectivity index (χ1) is 9.06. The predicted molar refractivity (Wildman–Crippen MR) is 66.2 cm³/mol. The highest BCUT2D eigenvalue weighted by atomic mass is 19.1. The molecule has 0 atom stereocenters. The Kier molecular flexibility index (Phi) is 3.90. The maximum absolute atomic E-state index is 13.7. The van der Waals surface area contributed by atoms with Gasteiger partial charge >= 0.3 is 0 Å². The number of carbonyl (C=O) groups excluding carboxylic acids is 2. The molecule has 0 spiro atoms. The van der Waals surface area contributed by atoms with Crippen molar-refractivity contribution in [3.8, 4) is 0 Å². The van der Waals surface area contributed by atoms with E-state index >= 15 is 0 Å². The van der Waals surface area contributed by atoms with Gasteiger partial charge in [-0.05, 0) is 25.6 Å². The van der Waals surface area contributed by atoms with Crippen LogP contribution in [0.3, 0.4) is 0 Å². The van der Waals surface area contributed by atoms with Gasteiger partial charge < -0.3 is 10.2 Å². The van der Waals surface area contributed by atoms with Crippen molar-refractivity contribution in [2.24, 2.45) is 0 Å². The molecule has 6 heteroatoms. The maximum Gasteiger partial charge on any atom is 0.299 e. The highest BCUT2D eigenvalue weighted by Gasteiger charge is 2.38. The SMILES string of the molecule is CCNCCCN1C(=O)C(=O)c2cc(F)cc(F)c21. The van der Waals surface area contributed by atoms with Crippen LogP contribution in [0.25, 0.3) is 0 Å². The number of benzene rings is 1. The molecule has 1 heterocycles. The highest BCUT2D eigenvalue weighted by Crippen LogP contribution is 2.32. The van der Waals surface area contributed by atoms with Gasteiger partial charge in [0.15, 0.2) is 5.82 Å². The number of ketones is 1. The summed E-state index contributed by atoms with van der Waals surface area (Å²) in [5.74, 6) is -3.38. The Morgan fingerprint density at radius 2 is 2.00 bits per heavy atom. The van der Waals surface area contributed by atoms with Crippen LogP contribution >= 0.6 is 0 Å². The fraction of sp³-hybridized carbons (Fsp3) is 0.385. The predicted octanol–water partition coefficient (Wildman–Crippen LogP) is 1.49. The third-order valence-electron chi connectivity index (χ3n) is 2.97. The van der Waals surface area contributed by atoms with Crippen LogP contribution in [0, 0.1) is 11.6 Å². The number of halogens is 2. The molecule has 0 saturated heterocycles. The quantitative estimate of drug-likeness (QED) is 0.650. The molecule has 0 saturated carbocycles. The molecule has 1 aromatic rings. The number of nitrogens with zero attached hydrogens (tertiary/aromatic N) is 1. The summed E-state index contributed by atoms with van der Waals surface area (Å²) >= 11 is 0. The minimum Gasteiger partial charge on any atom is -0.317 e. The lowest BCUT2D eigenvalue weighted by molar-refractivity contribution is -0.114. The first-order valence-corrected chi connectivity index (χ1v) is 6.12. The molecule has 1 aliphatic heterocycles. The molecule has 1 aromatic carbocycles. The van der Waals surface area contributed by atoms with Crippen LogP contribution in [0.15, 0.2) is 12.1 Å². The number of nitrogens with one attached hydrogen (secondary N) is 1. The second-order valence-electron chi connectivity index (χ2n) is 4.28. The lowest BCUT2D eigenvalue weighted by Gasteiger charge is -2.16. The fourth-order valence-electron chi connectivity index (χ4n) is 2.11. The van der Waals surface area contributed by atoms with Crippen molar-refractivity contribution in [1.82, 2.24) is 5.32 Å². The fourth-order valence-corrected chi connectivity index (χ4v) is 2.11. The second kappa shape index (κ2) is 5.44. The van der Waals surface area contributed by atoms with Gasteiger partial charge in [-0.1, -0.05) is 6.92 Å². The van der Waals surface area contributed by atoms with E-state index < -0.39 is 23.3 Å². The summed E-state index contributed by atoms with van der Waals surface area (Å²) in [4.78, 5) is 24.5. The Morgan fingerprint density at radius 1 is 1.26 bits per heavy atom. The normalized spacial score (nSPS) is 14.2. The van der Waals surface area contributed by atoms with E-state index in [0.29, 0.717) is 19.0 Å². The monoisotopic (exact) mass is 268 g/mol. The Bertz CT molecular complexity index is 532. The third kappa shape index (κ3) is 2.49. The van der Waals surface area contributed by atoms with E-state index in [-0.39, 0.29) is 17.8 Å². The zero-order chi connectivity index (χ0) is 14.0. The van der Waals surface area contributed by atoms with E-state index in [9.17, 15) is 18.4 Å². The smallest absolute Gasteiger partial charge is 0.299 e. The van der Waals surface area contributed by atoms with Gasteiger partial charge in [0.2, 0.25) is 0 Å². The van der Waals surface area contributed by atoms with Gasteiger partial charge in [0, 0.05) is 12.6 Å². The lowest BCUT2D eigenvalue weighted by atomic mass is 10.1. The number of fused-ring (bicyclic) bond motifs is 1. The number of carbonyl (C=O) groups is 2. The van der Waals surface area contributed by atoms with E-state index in [1.54, 1.807) is 0 Å². The van der Waals surface area contributed by atoms with E-state index in [0.717, 1.165) is 17.5 Å². The van der Waals surface area contributed by atoms with Crippen LogP contribution in [0.4, 0.5) is 14.5 Å². The Morgan fingerprint density at radius 3 is 2.68 bits per heavy atom. The van der Waals surface area contributed by atoms with Crippen LogP contribution in [-0.4, -0.2) is 31.3 Å². The summed E-state index contributed by atoms with van der Waals surface area (Å²) in [6.07, 6.45) is 0.586. The molecule has 2 rings (SSSR count). The van der Waals surface area contributed by atoms with Gasteiger partial charge in [-0.25, -0.2) is 8.78 Å². The molecule has 4 nitrogen and oxygen atoms in total. The van der Waals surface area contributed by atoms with Gasteiger partial charge in [-0.2, -0.15) is 0 Å². The second-order valence-corrected chi connectivity index (χ2v) is 4.28. The van der Waals surface area contributed by atoms with Crippen molar-refractivity contribution < 1.29 is 18.4 Å². The molecule has 102 valence electrons. The van der Waals surface area contributed by atoms with Crippen LogP contribution < -0.4 is 10.2 Å². The molecule has 1 amide bonds. The summed E-state index contributed by atoms with van der Waals surface area (Å²) in [5.41, 5.74) is -0.293. The van der Waals surface area contributed by atoms with Crippen molar-refractivity contribution in [2.75, 3.05) is 24.5 Å². The van der Waals surface area contributed by atoms with Crippen LogP contribution in [0.5, 0.6) is 0 Å². The van der Waals surface area contributed by atoms with Gasteiger partial charge in [-0.3, -0.25) is 9.59 Å². The first-order valence-electron chi connectivity index (χ1n) is 6.12. The van der Waals surface area contributed by atoms with E-state index in [2.05, 4.69) is 5.32 Å². The Hall–Kier alpha value is -1.82. The van der Waals surface area contributed by atoms with E-state index in [1.807, 2.05) is 6.92 Å². The third-order valence-corrected chi connectivity index (χ3v) is 2.97. The van der Waals surface area contributed by atoms with Gasteiger partial charge in [0.05, 0.1) is 11.3 Å². The number of amides is 1. The molecule has 1 aliphatic rings. The number of Topliss-reactive ketones (excluding diaryl/α,β-unsaturated/α-hetero) is 1. The number of rotatable bonds is 5. The molecule has 0 unspecified atom stereocenters. The van der Waals surface area contributed by atoms with Crippen LogP contribution in [0.1, 0.15) is 23.7 Å². The van der Waals surface area contributed by atoms with Crippen LogP contribution in [0.2, 0.25) is 0 Å².